The lowest BCUT2D eigenvalue weighted by Crippen LogP contribution is -2.34. The number of pyridine rings is 1. The van der Waals surface area contributed by atoms with Crippen LogP contribution in [-0.2, 0) is 0 Å². The number of alkyl halides is 2. The van der Waals surface area contributed by atoms with E-state index < -0.39 is 12.8 Å². The molecule has 140 valence electrons. The largest absolute Gasteiger partial charge is 0.435 e. The minimum absolute atomic E-state index is 0.00207. The van der Waals surface area contributed by atoms with Crippen molar-refractivity contribution in [1.82, 2.24) is 4.98 Å². The van der Waals surface area contributed by atoms with Gasteiger partial charge in [0, 0.05) is 22.7 Å². The molecule has 0 radical (unpaired) electrons. The molecule has 28 heavy (non-hydrogen) atoms. The predicted molar refractivity (Wildman–Crippen MR) is 100 cm³/mol. The summed E-state index contributed by atoms with van der Waals surface area (Å²) in [7, 11) is 0. The van der Waals surface area contributed by atoms with Gasteiger partial charge < -0.3 is 4.74 Å². The monoisotopic (exact) mass is 380 g/mol. The molecule has 2 aromatic carbocycles. The smallest absolute Gasteiger partial charge is 0.387 e. The standard InChI is InChI=1S/C20H14F2N4O2/c1-23-18-12-25(14-6-8-15(9-7-14)28-19(21)22)20(27)26(18)17-11-24-10-13-4-2-3-5-16(13)17/h2-11,18-19H,12H2. The zero-order valence-electron chi connectivity index (χ0n) is 14.5. The lowest BCUT2D eigenvalue weighted by molar-refractivity contribution is -0.0498. The molecule has 1 aliphatic rings. The topological polar surface area (TPSA) is 50.0 Å². The van der Waals surface area contributed by atoms with Crippen LogP contribution < -0.4 is 14.5 Å². The Morgan fingerprint density at radius 2 is 1.89 bits per heavy atom. The molecular weight excluding hydrogens is 366 g/mol. The summed E-state index contributed by atoms with van der Waals surface area (Å²) in [5, 5.41) is 1.69. The average molecular weight is 380 g/mol. The molecule has 0 spiro atoms. The third-order valence-electron chi connectivity index (χ3n) is 4.51. The summed E-state index contributed by atoms with van der Waals surface area (Å²) in [4.78, 5) is 23.8. The van der Waals surface area contributed by atoms with Gasteiger partial charge in [-0.25, -0.2) is 16.3 Å². The van der Waals surface area contributed by atoms with Gasteiger partial charge in [0.2, 0.25) is 0 Å². The van der Waals surface area contributed by atoms with Crippen LogP contribution in [0.4, 0.5) is 25.0 Å². The Bertz CT molecular complexity index is 1060. The molecule has 0 N–H and O–H groups in total. The molecule has 1 saturated heterocycles. The van der Waals surface area contributed by atoms with E-state index in [-0.39, 0.29) is 18.3 Å². The minimum atomic E-state index is -2.92. The highest BCUT2D eigenvalue weighted by atomic mass is 19.3. The van der Waals surface area contributed by atoms with Crippen molar-refractivity contribution in [1.29, 1.82) is 0 Å². The van der Waals surface area contributed by atoms with Crippen LogP contribution in [0.5, 0.6) is 5.75 Å². The fourth-order valence-electron chi connectivity index (χ4n) is 3.26. The van der Waals surface area contributed by atoms with E-state index in [2.05, 4.69) is 14.6 Å². The Morgan fingerprint density at radius 3 is 2.61 bits per heavy atom. The molecular formula is C20H14F2N4O2. The van der Waals surface area contributed by atoms with Gasteiger partial charge in [0.1, 0.15) is 12.3 Å². The molecule has 1 aromatic heterocycles. The Hall–Kier alpha value is -3.73. The van der Waals surface area contributed by atoms with Gasteiger partial charge in [-0.15, -0.1) is 0 Å². The summed E-state index contributed by atoms with van der Waals surface area (Å²) < 4.78 is 29.0. The summed E-state index contributed by atoms with van der Waals surface area (Å²) in [5.74, 6) is 0.00207. The fraction of sp³-hybridized carbons (Fsp3) is 0.150. The van der Waals surface area contributed by atoms with Gasteiger partial charge >= 0.3 is 18.8 Å². The maximum absolute atomic E-state index is 13.1. The van der Waals surface area contributed by atoms with Crippen LogP contribution in [-0.4, -0.2) is 30.3 Å². The third-order valence-corrected chi connectivity index (χ3v) is 4.51. The lowest BCUT2D eigenvalue weighted by Gasteiger charge is -2.19. The molecule has 4 rings (SSSR count). The molecule has 3 aromatic rings. The Balaban J connectivity index is 1.69. The molecule has 1 fully saturated rings. The first-order valence-corrected chi connectivity index (χ1v) is 8.43. The zero-order valence-corrected chi connectivity index (χ0v) is 14.5. The number of anilines is 2. The number of nitrogens with zero attached hydrogens (tertiary/aromatic N) is 4. The fourth-order valence-corrected chi connectivity index (χ4v) is 3.26. The minimum Gasteiger partial charge on any atom is -0.435 e. The maximum atomic E-state index is 13.1. The first-order valence-electron chi connectivity index (χ1n) is 8.43. The van der Waals surface area contributed by atoms with Crippen molar-refractivity contribution in [3.63, 3.8) is 0 Å². The number of fused-ring (bicyclic) bond motifs is 1. The van der Waals surface area contributed by atoms with Crippen LogP contribution in [0.2, 0.25) is 0 Å². The number of urea groups is 1. The highest BCUT2D eigenvalue weighted by Crippen LogP contribution is 2.34. The number of halogens is 2. The summed E-state index contributed by atoms with van der Waals surface area (Å²) >= 11 is 0. The first-order chi connectivity index (χ1) is 13.6. The van der Waals surface area contributed by atoms with Crippen molar-refractivity contribution >= 4 is 28.2 Å². The zero-order chi connectivity index (χ0) is 19.7. The van der Waals surface area contributed by atoms with Gasteiger partial charge in [0.05, 0.1) is 11.9 Å². The Kier molecular flexibility index (Phi) is 4.49. The van der Waals surface area contributed by atoms with Gasteiger partial charge in [-0.3, -0.25) is 14.7 Å². The van der Waals surface area contributed by atoms with Crippen molar-refractivity contribution in [3.8, 4) is 5.75 Å². The SMILES string of the molecule is [C-]#[N+]C1CN(c2ccc(OC(F)F)cc2)C(=O)N1c1cncc2ccccc12. The highest BCUT2D eigenvalue weighted by molar-refractivity contribution is 6.11. The van der Waals surface area contributed by atoms with Crippen molar-refractivity contribution in [2.45, 2.75) is 12.8 Å². The normalized spacial score (nSPS) is 16.6. The number of hydrogen-bond donors (Lipinski definition) is 0. The lowest BCUT2D eigenvalue weighted by atomic mass is 10.1. The maximum Gasteiger partial charge on any atom is 0.387 e. The first kappa shape index (κ1) is 17.7. The van der Waals surface area contributed by atoms with Gasteiger partial charge in [0.25, 0.3) is 0 Å². The predicted octanol–water partition coefficient (Wildman–Crippen LogP) is 4.53. The molecule has 0 bridgehead atoms. The third kappa shape index (κ3) is 3.07. The van der Waals surface area contributed by atoms with Crippen LogP contribution in [0.3, 0.4) is 0 Å². The number of aromatic nitrogens is 1. The Morgan fingerprint density at radius 1 is 1.14 bits per heavy atom. The van der Waals surface area contributed by atoms with Crippen LogP contribution in [0.15, 0.2) is 60.9 Å². The van der Waals surface area contributed by atoms with Crippen molar-refractivity contribution in [3.05, 3.63) is 72.3 Å². The number of carbonyl (C=O) groups excluding carboxylic acids is 1. The molecule has 8 heteroatoms. The van der Waals surface area contributed by atoms with E-state index in [1.807, 2.05) is 24.3 Å². The summed E-state index contributed by atoms with van der Waals surface area (Å²) in [6.45, 7) is 4.76. The number of ether oxygens (including phenoxy) is 1. The molecule has 1 unspecified atom stereocenters. The second-order valence-electron chi connectivity index (χ2n) is 6.13. The highest BCUT2D eigenvalue weighted by Gasteiger charge is 2.44. The molecule has 1 aliphatic heterocycles. The van der Waals surface area contributed by atoms with E-state index in [9.17, 15) is 13.6 Å². The molecule has 1 atom stereocenters. The Labute approximate surface area is 159 Å². The number of rotatable bonds is 4. The molecule has 0 saturated carbocycles. The number of hydrogen-bond acceptors (Lipinski definition) is 3. The van der Waals surface area contributed by atoms with Crippen LogP contribution in [0, 0.1) is 6.57 Å². The average Bonchev–Trinajstić information content (AvgIpc) is 3.04. The molecule has 0 aliphatic carbocycles. The number of benzene rings is 2. The van der Waals surface area contributed by atoms with Crippen molar-refractivity contribution < 1.29 is 18.3 Å². The van der Waals surface area contributed by atoms with E-state index in [0.29, 0.717) is 11.4 Å². The number of amides is 2. The van der Waals surface area contributed by atoms with E-state index in [1.165, 1.54) is 34.1 Å². The van der Waals surface area contributed by atoms with Crippen LogP contribution in [0.1, 0.15) is 0 Å². The van der Waals surface area contributed by atoms with Gasteiger partial charge in [-0.05, 0) is 24.3 Å². The second-order valence-corrected chi connectivity index (χ2v) is 6.13. The van der Waals surface area contributed by atoms with E-state index >= 15 is 0 Å². The molecule has 2 amide bonds. The van der Waals surface area contributed by atoms with E-state index in [4.69, 9.17) is 6.57 Å². The van der Waals surface area contributed by atoms with Crippen molar-refractivity contribution in [2.24, 2.45) is 0 Å². The summed E-state index contributed by atoms with van der Waals surface area (Å²) in [6, 6.07) is 12.9. The van der Waals surface area contributed by atoms with Crippen LogP contribution >= 0.6 is 0 Å². The van der Waals surface area contributed by atoms with Crippen molar-refractivity contribution in [2.75, 3.05) is 16.3 Å². The quantitative estimate of drug-likeness (QED) is 0.625. The number of carbonyl (C=O) groups is 1. The molecule has 6 nitrogen and oxygen atoms in total. The second kappa shape index (κ2) is 7.12. The van der Waals surface area contributed by atoms with Gasteiger partial charge in [-0.2, -0.15) is 8.78 Å². The summed E-state index contributed by atoms with van der Waals surface area (Å²) in [5.41, 5.74) is 1.06. The summed E-state index contributed by atoms with van der Waals surface area (Å²) in [6.07, 6.45) is 2.55. The van der Waals surface area contributed by atoms with Gasteiger partial charge in [0.15, 0.2) is 0 Å². The van der Waals surface area contributed by atoms with Gasteiger partial charge in [-0.1, -0.05) is 24.3 Å². The van der Waals surface area contributed by atoms with Crippen LogP contribution in [0.25, 0.3) is 15.6 Å². The van der Waals surface area contributed by atoms with E-state index in [0.717, 1.165) is 10.8 Å². The van der Waals surface area contributed by atoms with E-state index in [1.54, 1.807) is 12.4 Å². The molecule has 2 heterocycles.